The predicted molar refractivity (Wildman–Crippen MR) is 117 cm³/mol. The molecule has 10 heteroatoms. The van der Waals surface area contributed by atoms with E-state index in [9.17, 15) is 24.9 Å². The molecular weight excluding hydrogens is 426 g/mol. The molecule has 0 aliphatic carbocycles. The number of amides is 1. The van der Waals surface area contributed by atoms with Crippen LogP contribution in [0, 0.1) is 0 Å². The molecule has 0 saturated carbocycles. The van der Waals surface area contributed by atoms with Gasteiger partial charge in [0.25, 0.3) is 0 Å². The number of carbonyl (C=O) groups excluding carboxylic acids is 2. The summed E-state index contributed by atoms with van der Waals surface area (Å²) in [5, 5.41) is 41.3. The number of hydrogen-bond donors (Lipinski definition) is 5. The molecule has 1 rings (SSSR count). The number of rotatable bonds is 16. The first-order valence-electron chi connectivity index (χ1n) is 11.2. The van der Waals surface area contributed by atoms with Crippen LogP contribution in [-0.2, 0) is 19.1 Å². The van der Waals surface area contributed by atoms with Crippen molar-refractivity contribution in [3.05, 3.63) is 0 Å². The lowest BCUT2D eigenvalue weighted by Crippen LogP contribution is -2.59. The van der Waals surface area contributed by atoms with E-state index in [0.29, 0.717) is 6.42 Å². The van der Waals surface area contributed by atoms with E-state index in [2.05, 4.69) is 5.32 Å². The molecule has 9 nitrogen and oxygen atoms in total. The van der Waals surface area contributed by atoms with Gasteiger partial charge in [-0.15, -0.1) is 0 Å². The van der Waals surface area contributed by atoms with Gasteiger partial charge in [-0.1, -0.05) is 50.3 Å². The number of nitrogens with one attached hydrogen (secondary N) is 1. The van der Waals surface area contributed by atoms with Crippen molar-refractivity contribution in [1.82, 2.24) is 5.32 Å². The maximum absolute atomic E-state index is 11.9. The number of hydrogen-bond acceptors (Lipinski definition) is 9. The fourth-order valence-corrected chi connectivity index (χ4v) is 3.96. The fourth-order valence-electron chi connectivity index (χ4n) is 3.32. The van der Waals surface area contributed by atoms with Gasteiger partial charge in [0.05, 0.1) is 13.2 Å². The summed E-state index contributed by atoms with van der Waals surface area (Å²) in [6, 6.07) is 0. The first-order valence-corrected chi connectivity index (χ1v) is 12.2. The lowest BCUT2D eigenvalue weighted by molar-refractivity contribution is -0.300. The smallest absolute Gasteiger partial charge is 0.220 e. The minimum atomic E-state index is -1.48. The predicted octanol–water partition coefficient (Wildman–Crippen LogP) is 0.710. The minimum absolute atomic E-state index is 0.0688. The van der Waals surface area contributed by atoms with Crippen LogP contribution < -0.4 is 5.32 Å². The highest BCUT2D eigenvalue weighted by Gasteiger charge is 2.43. The van der Waals surface area contributed by atoms with Crippen LogP contribution >= 0.6 is 11.8 Å². The third-order valence-corrected chi connectivity index (χ3v) is 6.06. The standard InChI is InChI=1S/C21H39NO8S/c1-15(24)31-13-9-7-5-3-2-4-6-8-10-17(25)22-11-12-29-21-20(28)19(27)18(26)16(14-23)30-21/h16,18-21,23,26-28H,2-14H2,1H3,(H,22,25)/t16-,18-,19+,20+,21+/m1/s1. The molecule has 1 fully saturated rings. The maximum Gasteiger partial charge on any atom is 0.220 e. The molecule has 0 unspecified atom stereocenters. The van der Waals surface area contributed by atoms with Crippen molar-refractivity contribution in [2.24, 2.45) is 0 Å². The zero-order valence-electron chi connectivity index (χ0n) is 18.4. The van der Waals surface area contributed by atoms with Crippen LogP contribution in [0.2, 0.25) is 0 Å². The first kappa shape index (κ1) is 28.3. The summed E-state index contributed by atoms with van der Waals surface area (Å²) in [4.78, 5) is 22.7. The Bertz CT molecular complexity index is 508. The Labute approximate surface area is 188 Å². The molecule has 182 valence electrons. The lowest BCUT2D eigenvalue weighted by Gasteiger charge is -2.39. The summed E-state index contributed by atoms with van der Waals surface area (Å²) in [6.07, 6.45) is 2.65. The summed E-state index contributed by atoms with van der Waals surface area (Å²) in [5.41, 5.74) is 0. The molecule has 1 heterocycles. The molecule has 0 bridgehead atoms. The number of ether oxygens (including phenoxy) is 2. The van der Waals surface area contributed by atoms with Gasteiger partial charge in [0.1, 0.15) is 24.4 Å². The van der Waals surface area contributed by atoms with E-state index in [1.165, 1.54) is 24.6 Å². The molecule has 1 aliphatic rings. The number of unbranched alkanes of at least 4 members (excludes halogenated alkanes) is 7. The molecule has 0 spiro atoms. The average molecular weight is 466 g/mol. The second kappa shape index (κ2) is 16.8. The molecule has 5 atom stereocenters. The highest BCUT2D eigenvalue weighted by atomic mass is 32.2. The first-order chi connectivity index (χ1) is 14.9. The summed E-state index contributed by atoms with van der Waals surface area (Å²) in [6.45, 7) is 1.39. The Morgan fingerprint density at radius 1 is 0.935 bits per heavy atom. The summed E-state index contributed by atoms with van der Waals surface area (Å²) >= 11 is 1.39. The van der Waals surface area contributed by atoms with Crippen molar-refractivity contribution in [2.75, 3.05) is 25.5 Å². The average Bonchev–Trinajstić information content (AvgIpc) is 2.74. The maximum atomic E-state index is 11.9. The monoisotopic (exact) mass is 465 g/mol. The van der Waals surface area contributed by atoms with Crippen molar-refractivity contribution in [3.8, 4) is 0 Å². The molecule has 1 amide bonds. The van der Waals surface area contributed by atoms with E-state index >= 15 is 0 Å². The summed E-state index contributed by atoms with van der Waals surface area (Å²) < 4.78 is 10.6. The van der Waals surface area contributed by atoms with E-state index in [1.54, 1.807) is 6.92 Å². The number of thioether (sulfide) groups is 1. The Kier molecular flexibility index (Phi) is 15.3. The number of aliphatic hydroxyl groups is 4. The Morgan fingerprint density at radius 2 is 1.55 bits per heavy atom. The van der Waals surface area contributed by atoms with Gasteiger partial charge in [-0.25, -0.2) is 0 Å². The van der Waals surface area contributed by atoms with Crippen LogP contribution in [0.1, 0.15) is 64.7 Å². The van der Waals surface area contributed by atoms with Crippen molar-refractivity contribution >= 4 is 22.8 Å². The van der Waals surface area contributed by atoms with Crippen molar-refractivity contribution < 1.29 is 39.5 Å². The zero-order valence-corrected chi connectivity index (χ0v) is 19.2. The molecule has 0 aromatic rings. The van der Waals surface area contributed by atoms with Gasteiger partial charge in [0, 0.05) is 25.6 Å². The Hall–Kier alpha value is -0.750. The van der Waals surface area contributed by atoms with E-state index in [0.717, 1.165) is 44.3 Å². The van der Waals surface area contributed by atoms with Gasteiger partial charge in [-0.3, -0.25) is 9.59 Å². The highest BCUT2D eigenvalue weighted by Crippen LogP contribution is 2.21. The highest BCUT2D eigenvalue weighted by molar-refractivity contribution is 8.13. The van der Waals surface area contributed by atoms with Crippen LogP contribution in [0.25, 0.3) is 0 Å². The van der Waals surface area contributed by atoms with Gasteiger partial charge < -0.3 is 35.2 Å². The SMILES string of the molecule is CC(=O)SCCCCCCCCCCC(=O)NCCO[C@H]1O[C@H](CO)[C@@H](O)[C@H](O)[C@@H]1O. The van der Waals surface area contributed by atoms with Gasteiger partial charge in [0.2, 0.25) is 5.91 Å². The van der Waals surface area contributed by atoms with Crippen LogP contribution in [0.3, 0.4) is 0 Å². The quantitative estimate of drug-likeness (QED) is 0.208. The van der Waals surface area contributed by atoms with Gasteiger partial charge in [-0.05, 0) is 12.8 Å². The number of carbonyl (C=O) groups is 2. The fraction of sp³-hybridized carbons (Fsp3) is 0.905. The summed E-state index contributed by atoms with van der Waals surface area (Å²) in [7, 11) is 0. The third-order valence-electron chi connectivity index (χ3n) is 5.16. The Balaban J connectivity index is 1.96. The van der Waals surface area contributed by atoms with Gasteiger partial charge >= 0.3 is 0 Å². The topological polar surface area (TPSA) is 146 Å². The van der Waals surface area contributed by atoms with Crippen LogP contribution in [0.15, 0.2) is 0 Å². The van der Waals surface area contributed by atoms with Gasteiger partial charge in [-0.2, -0.15) is 0 Å². The molecule has 5 N–H and O–H groups in total. The molecule has 0 aromatic carbocycles. The summed E-state index contributed by atoms with van der Waals surface area (Å²) in [5.74, 6) is 0.846. The van der Waals surface area contributed by atoms with E-state index in [-0.39, 0.29) is 24.2 Å². The zero-order chi connectivity index (χ0) is 23.1. The van der Waals surface area contributed by atoms with Crippen molar-refractivity contribution in [1.29, 1.82) is 0 Å². The van der Waals surface area contributed by atoms with Crippen molar-refractivity contribution in [3.63, 3.8) is 0 Å². The lowest BCUT2D eigenvalue weighted by atomic mass is 9.99. The van der Waals surface area contributed by atoms with E-state index < -0.39 is 37.3 Å². The largest absolute Gasteiger partial charge is 0.394 e. The van der Waals surface area contributed by atoms with Crippen LogP contribution in [-0.4, -0.2) is 87.7 Å². The number of aliphatic hydroxyl groups excluding tert-OH is 4. The normalized spacial score (nSPS) is 26.0. The second-order valence-electron chi connectivity index (χ2n) is 7.84. The Morgan fingerprint density at radius 3 is 2.16 bits per heavy atom. The molecule has 0 radical (unpaired) electrons. The van der Waals surface area contributed by atoms with Crippen LogP contribution in [0.5, 0.6) is 0 Å². The molecular formula is C21H39NO8S. The van der Waals surface area contributed by atoms with Crippen molar-refractivity contribution in [2.45, 2.75) is 95.4 Å². The molecule has 1 aliphatic heterocycles. The van der Waals surface area contributed by atoms with Gasteiger partial charge in [0.15, 0.2) is 11.4 Å². The molecule has 31 heavy (non-hydrogen) atoms. The molecule has 0 aromatic heterocycles. The second-order valence-corrected chi connectivity index (χ2v) is 9.11. The van der Waals surface area contributed by atoms with E-state index in [1.807, 2.05) is 0 Å². The third kappa shape index (κ3) is 12.2. The minimum Gasteiger partial charge on any atom is -0.394 e. The van der Waals surface area contributed by atoms with Crippen LogP contribution in [0.4, 0.5) is 0 Å². The molecule has 1 saturated heterocycles. The van der Waals surface area contributed by atoms with E-state index in [4.69, 9.17) is 14.6 Å².